The summed E-state index contributed by atoms with van der Waals surface area (Å²) in [6.45, 7) is 0. The third-order valence-corrected chi connectivity index (χ3v) is 4.52. The third kappa shape index (κ3) is 1.69. The highest BCUT2D eigenvalue weighted by Crippen LogP contribution is 2.44. The molecule has 0 aromatic heterocycles. The second-order valence-electron chi connectivity index (χ2n) is 5.28. The Morgan fingerprint density at radius 2 is 1.77 bits per heavy atom. The fourth-order valence-corrected chi connectivity index (χ4v) is 3.36. The first-order valence-corrected chi connectivity index (χ1v) is 7.60. The van der Waals surface area contributed by atoms with Crippen molar-refractivity contribution in [2.45, 2.75) is 0 Å². The van der Waals surface area contributed by atoms with Crippen LogP contribution in [0.25, 0.3) is 11.1 Å². The maximum Gasteiger partial charge on any atom is 0.259 e. The van der Waals surface area contributed by atoms with E-state index >= 15 is 0 Å². The number of amides is 2. The molecule has 0 atom stereocenters. The van der Waals surface area contributed by atoms with Crippen LogP contribution in [0.2, 0.25) is 0 Å². The fraction of sp³-hybridized carbons (Fsp3) is 0.0588. The van der Waals surface area contributed by atoms with Gasteiger partial charge in [0.25, 0.3) is 11.8 Å². The lowest BCUT2D eigenvalue weighted by Crippen LogP contribution is -2.21. The molecule has 2 amide bonds. The van der Waals surface area contributed by atoms with Gasteiger partial charge < -0.3 is 10.2 Å². The van der Waals surface area contributed by atoms with E-state index in [1.165, 1.54) is 0 Å². The molecule has 2 aromatic carbocycles. The zero-order valence-corrected chi connectivity index (χ0v) is 13.3. The summed E-state index contributed by atoms with van der Waals surface area (Å²) in [5.41, 5.74) is 4.02. The molecule has 108 valence electrons. The van der Waals surface area contributed by atoms with Crippen molar-refractivity contribution in [3.63, 3.8) is 0 Å². The molecule has 0 aliphatic carbocycles. The van der Waals surface area contributed by atoms with E-state index < -0.39 is 0 Å². The second-order valence-corrected chi connectivity index (χ2v) is 6.19. The maximum absolute atomic E-state index is 12.7. The lowest BCUT2D eigenvalue weighted by Gasteiger charge is -2.08. The largest absolute Gasteiger partial charge is 0.321 e. The van der Waals surface area contributed by atoms with Crippen LogP contribution in [0, 0.1) is 0 Å². The first-order valence-electron chi connectivity index (χ1n) is 6.81. The van der Waals surface area contributed by atoms with E-state index in [-0.39, 0.29) is 11.8 Å². The Balaban J connectivity index is 2.06. The van der Waals surface area contributed by atoms with Crippen LogP contribution in [0.4, 0.5) is 11.4 Å². The summed E-state index contributed by atoms with van der Waals surface area (Å²) < 4.78 is 0.874. The lowest BCUT2D eigenvalue weighted by atomic mass is 9.96. The lowest BCUT2D eigenvalue weighted by molar-refractivity contribution is -0.113. The number of para-hydroxylation sites is 1. The average Bonchev–Trinajstić information content (AvgIpc) is 2.94. The van der Waals surface area contributed by atoms with Crippen molar-refractivity contribution in [3.05, 3.63) is 58.1 Å². The highest BCUT2D eigenvalue weighted by Gasteiger charge is 2.37. The second kappa shape index (κ2) is 4.55. The van der Waals surface area contributed by atoms with Gasteiger partial charge in [0, 0.05) is 28.3 Å². The first-order chi connectivity index (χ1) is 10.6. The van der Waals surface area contributed by atoms with Crippen LogP contribution < -0.4 is 10.2 Å². The van der Waals surface area contributed by atoms with Crippen LogP contribution >= 0.6 is 15.9 Å². The molecule has 2 aliphatic rings. The van der Waals surface area contributed by atoms with E-state index in [1.54, 1.807) is 11.9 Å². The minimum atomic E-state index is -0.231. The fourth-order valence-electron chi connectivity index (χ4n) is 3.00. The number of hydrogen-bond donors (Lipinski definition) is 1. The number of likely N-dealkylation sites (N-methyl/N-ethyl adjacent to an activating group) is 1. The van der Waals surface area contributed by atoms with Gasteiger partial charge in [0.05, 0.1) is 16.8 Å². The molecule has 2 aromatic rings. The van der Waals surface area contributed by atoms with E-state index in [0.29, 0.717) is 11.1 Å². The topological polar surface area (TPSA) is 49.4 Å². The summed E-state index contributed by atoms with van der Waals surface area (Å²) in [4.78, 5) is 26.7. The quantitative estimate of drug-likeness (QED) is 0.738. The molecule has 0 bridgehead atoms. The summed E-state index contributed by atoms with van der Waals surface area (Å²) in [6, 6.07) is 13.1. The van der Waals surface area contributed by atoms with Gasteiger partial charge in [-0.05, 0) is 24.3 Å². The maximum atomic E-state index is 12.7. The van der Waals surface area contributed by atoms with Gasteiger partial charge >= 0.3 is 0 Å². The third-order valence-electron chi connectivity index (χ3n) is 4.03. The molecular formula is C17H11BrN2O2. The van der Waals surface area contributed by atoms with Crippen LogP contribution in [-0.2, 0) is 9.59 Å². The molecule has 0 spiro atoms. The van der Waals surface area contributed by atoms with Crippen LogP contribution in [0.5, 0.6) is 0 Å². The van der Waals surface area contributed by atoms with Gasteiger partial charge in [-0.25, -0.2) is 0 Å². The Labute approximate surface area is 135 Å². The van der Waals surface area contributed by atoms with Crippen molar-refractivity contribution in [3.8, 4) is 0 Å². The standard InChI is InChI=1S/C17H11BrN2O2/c1-20-13-7-6-9(18)8-11(13)15(17(20)22)14-10-4-2-3-5-12(10)19-16(14)21/h2-8H,1H3,(H,19,21)/b15-14+. The molecule has 0 saturated heterocycles. The van der Waals surface area contributed by atoms with E-state index in [9.17, 15) is 9.59 Å². The predicted octanol–water partition coefficient (Wildman–Crippen LogP) is 3.29. The monoisotopic (exact) mass is 354 g/mol. The highest BCUT2D eigenvalue weighted by molar-refractivity contribution is 9.10. The number of nitrogens with one attached hydrogen (secondary N) is 1. The molecule has 0 saturated carbocycles. The zero-order chi connectivity index (χ0) is 15.4. The number of hydrogen-bond acceptors (Lipinski definition) is 2. The van der Waals surface area contributed by atoms with Gasteiger partial charge in [0.2, 0.25) is 0 Å². The number of fused-ring (bicyclic) bond motifs is 2. The number of carbonyl (C=O) groups is 2. The molecule has 2 aliphatic heterocycles. The molecule has 4 nitrogen and oxygen atoms in total. The van der Waals surface area contributed by atoms with Crippen molar-refractivity contribution in [2.24, 2.45) is 0 Å². The minimum Gasteiger partial charge on any atom is -0.321 e. The highest BCUT2D eigenvalue weighted by atomic mass is 79.9. The SMILES string of the molecule is CN1C(=O)/C(=C2/C(=O)Nc3ccccc32)c2cc(Br)ccc21. The Hall–Kier alpha value is -2.40. The normalized spacial score (nSPS) is 19.3. The Kier molecular flexibility index (Phi) is 2.74. The molecule has 0 fully saturated rings. The smallest absolute Gasteiger partial charge is 0.259 e. The molecule has 22 heavy (non-hydrogen) atoms. The van der Waals surface area contributed by atoms with Crippen LogP contribution in [-0.4, -0.2) is 18.9 Å². The molecular weight excluding hydrogens is 344 g/mol. The zero-order valence-electron chi connectivity index (χ0n) is 11.7. The van der Waals surface area contributed by atoms with Crippen molar-refractivity contribution in [2.75, 3.05) is 17.3 Å². The van der Waals surface area contributed by atoms with Crippen molar-refractivity contribution in [1.29, 1.82) is 0 Å². The number of anilines is 2. The minimum absolute atomic E-state index is 0.157. The molecule has 0 radical (unpaired) electrons. The average molecular weight is 355 g/mol. The molecule has 1 N–H and O–H groups in total. The Morgan fingerprint density at radius 1 is 1.00 bits per heavy atom. The van der Waals surface area contributed by atoms with E-state index in [4.69, 9.17) is 0 Å². The summed E-state index contributed by atoms with van der Waals surface area (Å²) in [5, 5.41) is 2.83. The predicted molar refractivity (Wildman–Crippen MR) is 89.4 cm³/mol. The van der Waals surface area contributed by atoms with Crippen LogP contribution in [0.15, 0.2) is 46.9 Å². The Bertz CT molecular complexity index is 886. The molecule has 2 heterocycles. The van der Waals surface area contributed by atoms with Gasteiger partial charge in [-0.3, -0.25) is 9.59 Å². The Morgan fingerprint density at radius 3 is 2.59 bits per heavy atom. The number of rotatable bonds is 0. The number of halogens is 1. The molecule has 4 rings (SSSR count). The van der Waals surface area contributed by atoms with E-state index in [2.05, 4.69) is 21.2 Å². The van der Waals surface area contributed by atoms with Crippen LogP contribution in [0.3, 0.4) is 0 Å². The number of nitrogens with zero attached hydrogens (tertiary/aromatic N) is 1. The molecule has 5 heteroatoms. The summed E-state index contributed by atoms with van der Waals surface area (Å²) >= 11 is 3.43. The van der Waals surface area contributed by atoms with Crippen molar-refractivity contribution < 1.29 is 9.59 Å². The van der Waals surface area contributed by atoms with Crippen molar-refractivity contribution >= 4 is 50.3 Å². The van der Waals surface area contributed by atoms with Crippen LogP contribution in [0.1, 0.15) is 11.1 Å². The van der Waals surface area contributed by atoms with Gasteiger partial charge in [-0.2, -0.15) is 0 Å². The van der Waals surface area contributed by atoms with E-state index in [0.717, 1.165) is 27.0 Å². The number of benzene rings is 2. The summed E-state index contributed by atoms with van der Waals surface area (Å²) in [6.07, 6.45) is 0. The van der Waals surface area contributed by atoms with Crippen molar-refractivity contribution in [1.82, 2.24) is 0 Å². The first kappa shape index (κ1) is 13.3. The van der Waals surface area contributed by atoms with Gasteiger partial charge in [-0.1, -0.05) is 34.1 Å². The van der Waals surface area contributed by atoms with Gasteiger partial charge in [0.1, 0.15) is 0 Å². The van der Waals surface area contributed by atoms with Gasteiger partial charge in [0.15, 0.2) is 0 Å². The van der Waals surface area contributed by atoms with E-state index in [1.807, 2.05) is 42.5 Å². The summed E-state index contributed by atoms with van der Waals surface area (Å²) in [5.74, 6) is -0.388. The van der Waals surface area contributed by atoms with Gasteiger partial charge in [-0.15, -0.1) is 0 Å². The molecule has 0 unspecified atom stereocenters. The summed E-state index contributed by atoms with van der Waals surface area (Å²) in [7, 11) is 1.72. The number of carbonyl (C=O) groups excluding carboxylic acids is 2.